The molecule has 0 bridgehead atoms. The van der Waals surface area contributed by atoms with E-state index in [1.165, 1.54) is 18.5 Å². The van der Waals surface area contributed by atoms with Gasteiger partial charge in [-0.05, 0) is 25.1 Å². The van der Waals surface area contributed by atoms with E-state index in [2.05, 4.69) is 4.98 Å². The van der Waals surface area contributed by atoms with E-state index >= 15 is 0 Å². The van der Waals surface area contributed by atoms with E-state index in [1.54, 1.807) is 17.6 Å². The summed E-state index contributed by atoms with van der Waals surface area (Å²) < 4.78 is 6.41. The number of benzene rings is 1. The number of nitrogens with zero attached hydrogens (tertiary/aromatic N) is 2. The zero-order chi connectivity index (χ0) is 13.1. The predicted molar refractivity (Wildman–Crippen MR) is 63.3 cm³/mol. The molecule has 2 aromatic rings. The van der Waals surface area contributed by atoms with Crippen molar-refractivity contribution in [1.82, 2.24) is 9.55 Å². The zero-order valence-corrected chi connectivity index (χ0v) is 9.79. The number of ether oxygens (including phenoxy) is 1. The average Bonchev–Trinajstić information content (AvgIpc) is 2.72. The van der Waals surface area contributed by atoms with E-state index in [0.29, 0.717) is 17.6 Å². The number of hydrogen-bond acceptors (Lipinski definition) is 4. The van der Waals surface area contributed by atoms with Gasteiger partial charge < -0.3 is 14.4 Å². The summed E-state index contributed by atoms with van der Waals surface area (Å²) in [5.74, 6) is -1.39. The maximum atomic E-state index is 11.4. The number of imidazole rings is 1. The Morgan fingerprint density at radius 3 is 2.89 bits per heavy atom. The van der Waals surface area contributed by atoms with Crippen molar-refractivity contribution in [2.75, 3.05) is 6.61 Å². The van der Waals surface area contributed by atoms with E-state index in [1.807, 2.05) is 0 Å². The fraction of sp³-hybridized carbons (Fsp3) is 0.250. The lowest BCUT2D eigenvalue weighted by atomic mass is 10.2. The third-order valence-corrected chi connectivity index (χ3v) is 2.47. The molecule has 0 aliphatic heterocycles. The highest BCUT2D eigenvalue weighted by molar-refractivity contribution is 5.92. The molecule has 0 fully saturated rings. The molecule has 0 unspecified atom stereocenters. The van der Waals surface area contributed by atoms with Gasteiger partial charge in [-0.2, -0.15) is 0 Å². The predicted octanol–water partition coefficient (Wildman–Crippen LogP) is 1.30. The number of carbonyl (C=O) groups excluding carboxylic acids is 1. The maximum absolute atomic E-state index is 11.4. The van der Waals surface area contributed by atoms with Crippen molar-refractivity contribution in [2.45, 2.75) is 13.5 Å². The smallest absolute Gasteiger partial charge is 0.335 e. The first-order valence-electron chi connectivity index (χ1n) is 5.45. The molecule has 0 radical (unpaired) electrons. The first kappa shape index (κ1) is 12.1. The summed E-state index contributed by atoms with van der Waals surface area (Å²) in [6.07, 6.45) is 1.49. The van der Waals surface area contributed by atoms with Gasteiger partial charge in [-0.25, -0.2) is 9.78 Å². The largest absolute Gasteiger partial charge is 0.478 e. The lowest BCUT2D eigenvalue weighted by Gasteiger charge is -2.04. The quantitative estimate of drug-likeness (QED) is 0.825. The van der Waals surface area contributed by atoms with Crippen LogP contribution in [0.4, 0.5) is 0 Å². The second kappa shape index (κ2) is 4.87. The number of rotatable bonds is 4. The van der Waals surface area contributed by atoms with Crippen molar-refractivity contribution in [3.63, 3.8) is 0 Å². The van der Waals surface area contributed by atoms with Gasteiger partial charge in [-0.3, -0.25) is 4.79 Å². The van der Waals surface area contributed by atoms with Crippen LogP contribution in [0.2, 0.25) is 0 Å². The molecule has 0 saturated carbocycles. The molecule has 1 N–H and O–H groups in total. The highest BCUT2D eigenvalue weighted by Crippen LogP contribution is 2.15. The molecule has 18 heavy (non-hydrogen) atoms. The first-order valence-corrected chi connectivity index (χ1v) is 5.45. The minimum Gasteiger partial charge on any atom is -0.478 e. The molecule has 1 aromatic heterocycles. The van der Waals surface area contributed by atoms with Crippen LogP contribution in [0, 0.1) is 0 Å². The molecular formula is C12H12N2O4. The molecule has 0 atom stereocenters. The Bertz CT molecular complexity index is 603. The Labute approximate surface area is 103 Å². The fourth-order valence-electron chi connectivity index (χ4n) is 1.66. The van der Waals surface area contributed by atoms with Gasteiger partial charge in [-0.15, -0.1) is 0 Å². The van der Waals surface area contributed by atoms with Gasteiger partial charge in [0, 0.05) is 0 Å². The van der Waals surface area contributed by atoms with Crippen molar-refractivity contribution in [3.05, 3.63) is 30.1 Å². The fourth-order valence-corrected chi connectivity index (χ4v) is 1.66. The molecular weight excluding hydrogens is 236 g/mol. The monoisotopic (exact) mass is 248 g/mol. The Morgan fingerprint density at radius 1 is 1.44 bits per heavy atom. The van der Waals surface area contributed by atoms with Gasteiger partial charge in [0.05, 0.1) is 29.5 Å². The number of carbonyl (C=O) groups is 2. The number of carboxylic acids is 1. The SMILES string of the molecule is CCOC(=O)Cn1cnc2ccc(C(=O)O)cc21. The Hall–Kier alpha value is -2.37. The number of fused-ring (bicyclic) bond motifs is 1. The van der Waals surface area contributed by atoms with E-state index in [-0.39, 0.29) is 18.1 Å². The van der Waals surface area contributed by atoms with Gasteiger partial charge in [0.1, 0.15) is 6.54 Å². The lowest BCUT2D eigenvalue weighted by Crippen LogP contribution is -2.12. The summed E-state index contributed by atoms with van der Waals surface area (Å²) in [5.41, 5.74) is 1.40. The van der Waals surface area contributed by atoms with Gasteiger partial charge in [0.25, 0.3) is 0 Å². The molecule has 6 heteroatoms. The Kier molecular flexibility index (Phi) is 3.27. The molecule has 94 valence electrons. The lowest BCUT2D eigenvalue weighted by molar-refractivity contribution is -0.143. The molecule has 1 aromatic carbocycles. The first-order chi connectivity index (χ1) is 8.61. The van der Waals surface area contributed by atoms with Gasteiger partial charge in [0.15, 0.2) is 0 Å². The van der Waals surface area contributed by atoms with Crippen LogP contribution in [0.1, 0.15) is 17.3 Å². The number of hydrogen-bond donors (Lipinski definition) is 1. The summed E-state index contributed by atoms with van der Waals surface area (Å²) in [6, 6.07) is 4.58. The number of esters is 1. The molecule has 0 amide bonds. The van der Waals surface area contributed by atoms with E-state index in [0.717, 1.165) is 0 Å². The summed E-state index contributed by atoms with van der Waals surface area (Å²) in [7, 11) is 0. The van der Waals surface area contributed by atoms with E-state index in [4.69, 9.17) is 9.84 Å². The van der Waals surface area contributed by atoms with Crippen LogP contribution >= 0.6 is 0 Å². The maximum Gasteiger partial charge on any atom is 0.335 e. The van der Waals surface area contributed by atoms with Crippen LogP contribution in [0.3, 0.4) is 0 Å². The normalized spacial score (nSPS) is 10.5. The third-order valence-electron chi connectivity index (χ3n) is 2.47. The van der Waals surface area contributed by atoms with Crippen molar-refractivity contribution in [2.24, 2.45) is 0 Å². The Balaban J connectivity index is 2.36. The van der Waals surface area contributed by atoms with E-state index < -0.39 is 5.97 Å². The van der Waals surface area contributed by atoms with Crippen molar-refractivity contribution in [1.29, 1.82) is 0 Å². The van der Waals surface area contributed by atoms with Crippen LogP contribution in [0.25, 0.3) is 11.0 Å². The molecule has 0 saturated heterocycles. The van der Waals surface area contributed by atoms with Crippen LogP contribution in [-0.4, -0.2) is 33.2 Å². The molecule has 0 aliphatic rings. The summed E-state index contributed by atoms with van der Waals surface area (Å²) in [4.78, 5) is 26.4. The van der Waals surface area contributed by atoms with Crippen molar-refractivity contribution >= 4 is 23.0 Å². The third kappa shape index (κ3) is 2.32. The van der Waals surface area contributed by atoms with Gasteiger partial charge in [-0.1, -0.05) is 0 Å². The Morgan fingerprint density at radius 2 is 2.22 bits per heavy atom. The summed E-state index contributed by atoms with van der Waals surface area (Å²) >= 11 is 0. The number of aromatic nitrogens is 2. The second-order valence-corrected chi connectivity index (χ2v) is 3.69. The summed E-state index contributed by atoms with van der Waals surface area (Å²) in [5, 5.41) is 8.92. The molecule has 0 spiro atoms. The second-order valence-electron chi connectivity index (χ2n) is 3.69. The molecule has 6 nitrogen and oxygen atoms in total. The minimum atomic E-state index is -1.01. The topological polar surface area (TPSA) is 81.4 Å². The highest BCUT2D eigenvalue weighted by Gasteiger charge is 2.10. The average molecular weight is 248 g/mol. The number of aromatic carboxylic acids is 1. The zero-order valence-electron chi connectivity index (χ0n) is 9.79. The van der Waals surface area contributed by atoms with Crippen molar-refractivity contribution < 1.29 is 19.4 Å². The van der Waals surface area contributed by atoms with Gasteiger partial charge in [0.2, 0.25) is 0 Å². The minimum absolute atomic E-state index is 0.0212. The molecule has 0 aliphatic carbocycles. The van der Waals surface area contributed by atoms with Crippen LogP contribution in [0.5, 0.6) is 0 Å². The van der Waals surface area contributed by atoms with Gasteiger partial charge >= 0.3 is 11.9 Å². The van der Waals surface area contributed by atoms with E-state index in [9.17, 15) is 9.59 Å². The van der Waals surface area contributed by atoms with Crippen LogP contribution < -0.4 is 0 Å². The van der Waals surface area contributed by atoms with Crippen LogP contribution in [0.15, 0.2) is 24.5 Å². The standard InChI is InChI=1S/C12H12N2O4/c1-2-18-11(15)6-14-7-13-9-4-3-8(12(16)17)5-10(9)14/h3-5,7H,2,6H2,1H3,(H,16,17). The molecule has 1 heterocycles. The highest BCUT2D eigenvalue weighted by atomic mass is 16.5. The van der Waals surface area contributed by atoms with Crippen molar-refractivity contribution in [3.8, 4) is 0 Å². The van der Waals surface area contributed by atoms with Crippen LogP contribution in [-0.2, 0) is 16.1 Å². The number of carboxylic acid groups (broad SMARTS) is 1. The summed E-state index contributed by atoms with van der Waals surface area (Å²) in [6.45, 7) is 2.06. The molecule has 2 rings (SSSR count).